The largest absolute Gasteiger partial charge is 0.365 e. The summed E-state index contributed by atoms with van der Waals surface area (Å²) in [6, 6.07) is 0.170. The molecule has 2 atom stereocenters. The number of hydrogen-bond donors (Lipinski definition) is 3. The lowest BCUT2D eigenvalue weighted by atomic mass is 10.2. The van der Waals surface area contributed by atoms with Crippen molar-refractivity contribution < 1.29 is 4.79 Å². The summed E-state index contributed by atoms with van der Waals surface area (Å²) in [5.41, 5.74) is 1.43. The van der Waals surface area contributed by atoms with Crippen molar-refractivity contribution >= 4 is 46.0 Å². The number of fused-ring (bicyclic) bond motifs is 1. The molecular formula is C19H23ClN8O. The van der Waals surface area contributed by atoms with E-state index in [1.165, 1.54) is 6.08 Å². The molecule has 0 unspecified atom stereocenters. The molecule has 4 heterocycles. The molecule has 0 spiro atoms. The van der Waals surface area contributed by atoms with Gasteiger partial charge in [-0.2, -0.15) is 15.1 Å². The van der Waals surface area contributed by atoms with Gasteiger partial charge in [0.25, 0.3) is 0 Å². The van der Waals surface area contributed by atoms with Crippen LogP contribution in [0, 0.1) is 0 Å². The van der Waals surface area contributed by atoms with Crippen molar-refractivity contribution in [2.45, 2.75) is 38.9 Å². The topological polar surface area (TPSA) is 104 Å². The number of carbonyl (C=O) groups excluding carboxylic acids is 1. The number of hydrogen-bond acceptors (Lipinski definition) is 6. The molecule has 1 aliphatic rings. The first-order valence-corrected chi connectivity index (χ1v) is 9.90. The fraction of sp³-hybridized carbons (Fsp3) is 0.368. The molecule has 0 saturated carbocycles. The van der Waals surface area contributed by atoms with Gasteiger partial charge in [-0.1, -0.05) is 18.2 Å². The zero-order valence-electron chi connectivity index (χ0n) is 16.3. The number of amides is 1. The van der Waals surface area contributed by atoms with Crippen molar-refractivity contribution in [3.05, 3.63) is 36.3 Å². The number of likely N-dealkylation sites (tertiary alicyclic amines) is 1. The molecule has 10 heteroatoms. The van der Waals surface area contributed by atoms with E-state index in [9.17, 15) is 4.79 Å². The van der Waals surface area contributed by atoms with Crippen molar-refractivity contribution in [2.75, 3.05) is 17.2 Å². The number of halogens is 1. The Morgan fingerprint density at radius 3 is 3.03 bits per heavy atom. The molecule has 0 aliphatic carbocycles. The summed E-state index contributed by atoms with van der Waals surface area (Å²) in [5, 5.41) is 12.1. The molecule has 29 heavy (non-hydrogen) atoms. The van der Waals surface area contributed by atoms with Gasteiger partial charge in [0.2, 0.25) is 11.9 Å². The predicted molar refractivity (Wildman–Crippen MR) is 113 cm³/mol. The summed E-state index contributed by atoms with van der Waals surface area (Å²) in [4.78, 5) is 26.1. The van der Waals surface area contributed by atoms with Crippen LogP contribution in [0.25, 0.3) is 11.0 Å². The Morgan fingerprint density at radius 2 is 2.31 bits per heavy atom. The van der Waals surface area contributed by atoms with E-state index in [-0.39, 0.29) is 18.0 Å². The third-order valence-electron chi connectivity index (χ3n) is 5.07. The fourth-order valence-corrected chi connectivity index (χ4v) is 3.87. The second-order valence-electron chi connectivity index (χ2n) is 7.09. The van der Waals surface area contributed by atoms with Gasteiger partial charge in [-0.25, -0.2) is 0 Å². The molecule has 1 aliphatic heterocycles. The van der Waals surface area contributed by atoms with Gasteiger partial charge in [0, 0.05) is 37.6 Å². The van der Waals surface area contributed by atoms with Gasteiger partial charge in [-0.3, -0.25) is 9.48 Å². The molecule has 0 bridgehead atoms. The molecule has 3 aromatic heterocycles. The summed E-state index contributed by atoms with van der Waals surface area (Å²) in [6.45, 7) is 8.99. The van der Waals surface area contributed by atoms with Crippen LogP contribution in [0.1, 0.15) is 20.3 Å². The fourth-order valence-electron chi connectivity index (χ4n) is 3.64. The third-order valence-corrected chi connectivity index (χ3v) is 5.37. The second kappa shape index (κ2) is 7.75. The summed E-state index contributed by atoms with van der Waals surface area (Å²) < 4.78 is 1.82. The number of H-pyrrole nitrogens is 1. The lowest BCUT2D eigenvalue weighted by molar-refractivity contribution is -0.126. The highest BCUT2D eigenvalue weighted by Crippen LogP contribution is 2.31. The van der Waals surface area contributed by atoms with E-state index in [0.29, 0.717) is 29.0 Å². The minimum absolute atomic E-state index is 0.0497. The number of nitrogens with one attached hydrogen (secondary N) is 3. The number of rotatable bonds is 6. The van der Waals surface area contributed by atoms with E-state index < -0.39 is 0 Å². The molecular weight excluding hydrogens is 392 g/mol. The number of aromatic amines is 1. The van der Waals surface area contributed by atoms with E-state index in [1.54, 1.807) is 17.3 Å². The van der Waals surface area contributed by atoms with Gasteiger partial charge in [0.15, 0.2) is 0 Å². The monoisotopic (exact) mass is 414 g/mol. The van der Waals surface area contributed by atoms with Crippen LogP contribution in [-0.2, 0) is 11.3 Å². The molecule has 1 amide bonds. The average Bonchev–Trinajstić information content (AvgIpc) is 3.40. The Balaban J connectivity index is 1.61. The molecule has 1 saturated heterocycles. The summed E-state index contributed by atoms with van der Waals surface area (Å²) in [7, 11) is 0. The average molecular weight is 415 g/mol. The SMILES string of the molecule is C=CC(=O)N1C[C@H](Nc2nc(Nc3cnn(CC)c3)nc3[nH]cc(Cl)c23)C[C@@H]1C. The van der Waals surface area contributed by atoms with E-state index in [4.69, 9.17) is 11.6 Å². The van der Waals surface area contributed by atoms with E-state index in [0.717, 1.165) is 24.0 Å². The highest BCUT2D eigenvalue weighted by Gasteiger charge is 2.32. The lowest BCUT2D eigenvalue weighted by Gasteiger charge is -2.19. The van der Waals surface area contributed by atoms with Gasteiger partial charge < -0.3 is 20.5 Å². The molecule has 152 valence electrons. The van der Waals surface area contributed by atoms with Gasteiger partial charge in [0.05, 0.1) is 22.3 Å². The number of aromatic nitrogens is 5. The Bertz CT molecular complexity index is 1060. The predicted octanol–water partition coefficient (Wildman–Crippen LogP) is 3.16. The van der Waals surface area contributed by atoms with Crippen LogP contribution >= 0.6 is 11.6 Å². The van der Waals surface area contributed by atoms with Crippen molar-refractivity contribution in [3.63, 3.8) is 0 Å². The van der Waals surface area contributed by atoms with Crippen LogP contribution < -0.4 is 10.6 Å². The highest BCUT2D eigenvalue weighted by atomic mass is 35.5. The van der Waals surface area contributed by atoms with Crippen LogP contribution in [0.5, 0.6) is 0 Å². The quantitative estimate of drug-likeness (QED) is 0.535. The summed E-state index contributed by atoms with van der Waals surface area (Å²) >= 11 is 6.37. The zero-order valence-corrected chi connectivity index (χ0v) is 17.1. The maximum atomic E-state index is 12.0. The molecule has 9 nitrogen and oxygen atoms in total. The van der Waals surface area contributed by atoms with Crippen LogP contribution in [-0.4, -0.2) is 54.2 Å². The summed E-state index contributed by atoms with van der Waals surface area (Å²) in [6.07, 6.45) is 7.46. The minimum atomic E-state index is -0.0652. The smallest absolute Gasteiger partial charge is 0.246 e. The van der Waals surface area contributed by atoms with E-state index in [2.05, 4.69) is 37.3 Å². The lowest BCUT2D eigenvalue weighted by Crippen LogP contribution is -2.33. The molecule has 3 N–H and O–H groups in total. The number of nitrogens with zero attached hydrogens (tertiary/aromatic N) is 5. The maximum Gasteiger partial charge on any atom is 0.246 e. The third kappa shape index (κ3) is 3.77. The van der Waals surface area contributed by atoms with Crippen LogP contribution in [0.3, 0.4) is 0 Å². The first-order chi connectivity index (χ1) is 14.0. The number of anilines is 3. The minimum Gasteiger partial charge on any atom is -0.365 e. The Labute approximate surface area is 173 Å². The Kier molecular flexibility index (Phi) is 5.14. The normalized spacial score (nSPS) is 18.9. The Hall–Kier alpha value is -3.07. The first kappa shape index (κ1) is 19.3. The van der Waals surface area contributed by atoms with Crippen LogP contribution in [0.2, 0.25) is 5.02 Å². The molecule has 1 fully saturated rings. The van der Waals surface area contributed by atoms with Crippen molar-refractivity contribution in [3.8, 4) is 0 Å². The number of carbonyl (C=O) groups is 1. The van der Waals surface area contributed by atoms with Gasteiger partial charge in [0.1, 0.15) is 11.5 Å². The van der Waals surface area contributed by atoms with Crippen LogP contribution in [0.15, 0.2) is 31.2 Å². The van der Waals surface area contributed by atoms with Crippen molar-refractivity contribution in [2.24, 2.45) is 0 Å². The van der Waals surface area contributed by atoms with Crippen molar-refractivity contribution in [1.29, 1.82) is 0 Å². The van der Waals surface area contributed by atoms with Gasteiger partial charge in [-0.15, -0.1) is 0 Å². The van der Waals surface area contributed by atoms with Gasteiger partial charge >= 0.3 is 0 Å². The maximum absolute atomic E-state index is 12.0. The standard InChI is InChI=1S/C19H23ClN8O/c1-4-15(29)28-10-12(6-11(28)3)23-18-16-14(20)8-21-17(16)25-19(26-18)24-13-7-22-27(5-2)9-13/h4,7-9,11-12H,1,5-6,10H2,2-3H3,(H3,21,23,24,25,26)/t11-,12+/m0/s1. The molecule has 4 rings (SSSR count). The summed E-state index contributed by atoms with van der Waals surface area (Å²) in [5.74, 6) is 0.987. The molecule has 0 aromatic carbocycles. The van der Waals surface area contributed by atoms with Gasteiger partial charge in [-0.05, 0) is 26.3 Å². The van der Waals surface area contributed by atoms with E-state index >= 15 is 0 Å². The van der Waals surface area contributed by atoms with E-state index in [1.807, 2.05) is 24.7 Å². The highest BCUT2D eigenvalue weighted by molar-refractivity contribution is 6.36. The molecule has 3 aromatic rings. The zero-order chi connectivity index (χ0) is 20.5. The second-order valence-corrected chi connectivity index (χ2v) is 7.49. The number of aryl methyl sites for hydroxylation is 1. The van der Waals surface area contributed by atoms with Crippen molar-refractivity contribution in [1.82, 2.24) is 29.6 Å². The Morgan fingerprint density at radius 1 is 1.48 bits per heavy atom. The van der Waals surface area contributed by atoms with Crippen LogP contribution in [0.4, 0.5) is 17.5 Å². The molecule has 0 radical (unpaired) electrons. The first-order valence-electron chi connectivity index (χ1n) is 9.52.